The smallest absolute Gasteiger partial charge is 0.410 e. The summed E-state index contributed by atoms with van der Waals surface area (Å²) >= 11 is 3.37. The second-order valence-corrected chi connectivity index (χ2v) is 8.86. The number of nitrogens with zero attached hydrogens (tertiary/aromatic N) is 1. The molecule has 0 aliphatic carbocycles. The summed E-state index contributed by atoms with van der Waals surface area (Å²) in [5.41, 5.74) is 0.753. The zero-order valence-electron chi connectivity index (χ0n) is 16.8. The van der Waals surface area contributed by atoms with E-state index >= 15 is 0 Å². The monoisotopic (exact) mass is 460 g/mol. The molecule has 1 aliphatic heterocycles. The van der Waals surface area contributed by atoms with Crippen LogP contribution in [-0.2, 0) is 4.74 Å². The van der Waals surface area contributed by atoms with Gasteiger partial charge in [0.15, 0.2) is 0 Å². The third-order valence-electron chi connectivity index (χ3n) is 4.30. The Bertz CT molecular complexity index is 877. The topological polar surface area (TPSA) is 67.9 Å². The van der Waals surface area contributed by atoms with E-state index in [1.165, 1.54) is 0 Å². The van der Waals surface area contributed by atoms with Crippen LogP contribution in [0, 0.1) is 0 Å². The number of hydrogen-bond acceptors (Lipinski definition) is 4. The van der Waals surface area contributed by atoms with E-state index in [0.29, 0.717) is 30.1 Å². The highest BCUT2D eigenvalue weighted by atomic mass is 79.9. The van der Waals surface area contributed by atoms with Gasteiger partial charge in [0.1, 0.15) is 17.5 Å². The van der Waals surface area contributed by atoms with E-state index in [2.05, 4.69) is 21.2 Å². The van der Waals surface area contributed by atoms with Gasteiger partial charge in [-0.15, -0.1) is 0 Å². The first-order valence-corrected chi connectivity index (χ1v) is 10.3. The van der Waals surface area contributed by atoms with Crippen LogP contribution in [0.15, 0.2) is 53.0 Å². The maximum absolute atomic E-state index is 12.3. The molecule has 2 aromatic carbocycles. The number of benzene rings is 2. The molecule has 0 saturated carbocycles. The molecule has 29 heavy (non-hydrogen) atoms. The highest BCUT2D eigenvalue weighted by Crippen LogP contribution is 2.22. The largest absolute Gasteiger partial charge is 0.489 e. The molecule has 1 heterocycles. The van der Waals surface area contributed by atoms with Crippen LogP contribution < -0.4 is 10.1 Å². The molecule has 1 unspecified atom stereocenters. The maximum atomic E-state index is 12.3. The summed E-state index contributed by atoms with van der Waals surface area (Å²) in [6.07, 6.45) is 0.361. The summed E-state index contributed by atoms with van der Waals surface area (Å²) in [7, 11) is 0. The van der Waals surface area contributed by atoms with E-state index < -0.39 is 5.60 Å². The Hall–Kier alpha value is -2.54. The van der Waals surface area contributed by atoms with Gasteiger partial charge in [-0.3, -0.25) is 4.79 Å². The van der Waals surface area contributed by atoms with Crippen LogP contribution in [0.3, 0.4) is 0 Å². The third kappa shape index (κ3) is 6.22. The van der Waals surface area contributed by atoms with Crippen molar-refractivity contribution in [2.24, 2.45) is 0 Å². The van der Waals surface area contributed by atoms with E-state index in [1.807, 2.05) is 45.0 Å². The van der Waals surface area contributed by atoms with Crippen molar-refractivity contribution in [2.45, 2.75) is 38.9 Å². The summed E-state index contributed by atoms with van der Waals surface area (Å²) in [6, 6.07) is 14.4. The highest BCUT2D eigenvalue weighted by Gasteiger charge is 2.30. The Labute approximate surface area is 179 Å². The molecular weight excluding hydrogens is 436 g/mol. The van der Waals surface area contributed by atoms with Gasteiger partial charge in [0.05, 0.1) is 6.54 Å². The van der Waals surface area contributed by atoms with Gasteiger partial charge in [-0.05, 0) is 63.2 Å². The molecule has 1 fully saturated rings. The van der Waals surface area contributed by atoms with Gasteiger partial charge in [0, 0.05) is 28.7 Å². The number of anilines is 1. The van der Waals surface area contributed by atoms with Crippen molar-refractivity contribution in [1.82, 2.24) is 4.90 Å². The molecule has 3 rings (SSSR count). The molecule has 1 N–H and O–H groups in total. The number of carbonyl (C=O) groups excluding carboxylic acids is 2. The summed E-state index contributed by atoms with van der Waals surface area (Å²) in [5.74, 6) is 0.519. The molecule has 0 aromatic heterocycles. The molecule has 1 atom stereocenters. The van der Waals surface area contributed by atoms with E-state index in [4.69, 9.17) is 9.47 Å². The van der Waals surface area contributed by atoms with Crippen LogP contribution in [-0.4, -0.2) is 41.7 Å². The highest BCUT2D eigenvalue weighted by molar-refractivity contribution is 9.10. The number of rotatable bonds is 4. The van der Waals surface area contributed by atoms with E-state index in [1.54, 1.807) is 29.2 Å². The maximum Gasteiger partial charge on any atom is 0.410 e. The Kier molecular flexibility index (Phi) is 6.47. The minimum atomic E-state index is -0.508. The lowest BCUT2D eigenvalue weighted by Gasteiger charge is -2.24. The first-order valence-electron chi connectivity index (χ1n) is 9.51. The van der Waals surface area contributed by atoms with Gasteiger partial charge in [0.2, 0.25) is 0 Å². The average Bonchev–Trinajstić information content (AvgIpc) is 3.11. The van der Waals surface area contributed by atoms with Crippen molar-refractivity contribution < 1.29 is 19.1 Å². The standard InChI is InChI=1S/C22H25BrN2O4/c1-22(2,3)29-21(27)25-12-11-19(14-25)28-18-9-7-17(8-10-18)24-20(26)15-5-4-6-16(23)13-15/h4-10,13,19H,11-12,14H2,1-3H3,(H,24,26). The van der Waals surface area contributed by atoms with Crippen molar-refractivity contribution in [3.8, 4) is 5.75 Å². The van der Waals surface area contributed by atoms with Gasteiger partial charge >= 0.3 is 6.09 Å². The lowest BCUT2D eigenvalue weighted by Crippen LogP contribution is -2.36. The van der Waals surface area contributed by atoms with Crippen LogP contribution in [0.2, 0.25) is 0 Å². The lowest BCUT2D eigenvalue weighted by molar-refractivity contribution is 0.0275. The fourth-order valence-corrected chi connectivity index (χ4v) is 3.36. The van der Waals surface area contributed by atoms with Crippen molar-refractivity contribution in [1.29, 1.82) is 0 Å². The van der Waals surface area contributed by atoms with Crippen molar-refractivity contribution in [3.05, 3.63) is 58.6 Å². The van der Waals surface area contributed by atoms with Gasteiger partial charge in [-0.25, -0.2) is 4.79 Å². The normalized spacial score (nSPS) is 16.4. The molecule has 0 bridgehead atoms. The quantitative estimate of drug-likeness (QED) is 0.689. The fourth-order valence-electron chi connectivity index (χ4n) is 2.96. The predicted octanol–water partition coefficient (Wildman–Crippen LogP) is 5.09. The predicted molar refractivity (Wildman–Crippen MR) is 115 cm³/mol. The number of ether oxygens (including phenoxy) is 2. The van der Waals surface area contributed by atoms with E-state index in [-0.39, 0.29) is 18.1 Å². The third-order valence-corrected chi connectivity index (χ3v) is 4.79. The minimum absolute atomic E-state index is 0.0790. The van der Waals surface area contributed by atoms with Gasteiger partial charge in [-0.2, -0.15) is 0 Å². The number of nitrogens with one attached hydrogen (secondary N) is 1. The second kappa shape index (κ2) is 8.86. The molecule has 7 heteroatoms. The van der Waals surface area contributed by atoms with E-state index in [9.17, 15) is 9.59 Å². The summed E-state index contributed by atoms with van der Waals surface area (Å²) in [6.45, 7) is 6.67. The van der Waals surface area contributed by atoms with Crippen LogP contribution in [0.1, 0.15) is 37.6 Å². The molecule has 2 amide bonds. The molecular formula is C22H25BrN2O4. The number of carbonyl (C=O) groups is 2. The number of hydrogen-bond donors (Lipinski definition) is 1. The minimum Gasteiger partial charge on any atom is -0.489 e. The summed E-state index contributed by atoms with van der Waals surface area (Å²) in [4.78, 5) is 26.1. The van der Waals surface area contributed by atoms with Crippen LogP contribution in [0.5, 0.6) is 5.75 Å². The van der Waals surface area contributed by atoms with Crippen molar-refractivity contribution >= 4 is 33.6 Å². The molecule has 2 aromatic rings. The SMILES string of the molecule is CC(C)(C)OC(=O)N1CCC(Oc2ccc(NC(=O)c3cccc(Br)c3)cc2)C1. The summed E-state index contributed by atoms with van der Waals surface area (Å²) < 4.78 is 12.2. The Balaban J connectivity index is 1.52. The molecule has 1 aliphatic rings. The van der Waals surface area contributed by atoms with Crippen LogP contribution >= 0.6 is 15.9 Å². The van der Waals surface area contributed by atoms with Crippen LogP contribution in [0.25, 0.3) is 0 Å². The molecule has 0 radical (unpaired) electrons. The molecule has 1 saturated heterocycles. The second-order valence-electron chi connectivity index (χ2n) is 7.94. The zero-order valence-corrected chi connectivity index (χ0v) is 18.4. The fraction of sp³-hybridized carbons (Fsp3) is 0.364. The lowest BCUT2D eigenvalue weighted by atomic mass is 10.2. The first kappa shape index (κ1) is 21.2. The Morgan fingerprint density at radius 3 is 2.52 bits per heavy atom. The Morgan fingerprint density at radius 2 is 1.86 bits per heavy atom. The zero-order chi connectivity index (χ0) is 21.0. The first-order chi connectivity index (χ1) is 13.7. The number of halogens is 1. The Morgan fingerprint density at radius 1 is 1.14 bits per heavy atom. The average molecular weight is 461 g/mol. The van der Waals surface area contributed by atoms with Crippen molar-refractivity contribution in [2.75, 3.05) is 18.4 Å². The van der Waals surface area contributed by atoms with E-state index in [0.717, 1.165) is 10.9 Å². The van der Waals surface area contributed by atoms with Crippen LogP contribution in [0.4, 0.5) is 10.5 Å². The molecule has 0 spiro atoms. The summed E-state index contributed by atoms with van der Waals surface area (Å²) in [5, 5.41) is 2.87. The van der Waals surface area contributed by atoms with Gasteiger partial charge < -0.3 is 19.7 Å². The van der Waals surface area contributed by atoms with Crippen molar-refractivity contribution in [3.63, 3.8) is 0 Å². The van der Waals surface area contributed by atoms with Gasteiger partial charge in [-0.1, -0.05) is 22.0 Å². The molecule has 6 nitrogen and oxygen atoms in total. The molecule has 154 valence electrons. The number of likely N-dealkylation sites (tertiary alicyclic amines) is 1. The van der Waals surface area contributed by atoms with Gasteiger partial charge in [0.25, 0.3) is 5.91 Å². The number of amides is 2.